The summed E-state index contributed by atoms with van der Waals surface area (Å²) in [5.74, 6) is 2.18. The molecule has 1 aliphatic heterocycles. The van der Waals surface area contributed by atoms with Gasteiger partial charge < -0.3 is 14.6 Å². The molecular weight excluding hydrogens is 228 g/mol. The number of nitrogens with zero attached hydrogens (tertiary/aromatic N) is 3. The molecule has 18 heavy (non-hydrogen) atoms. The molecule has 0 saturated heterocycles. The summed E-state index contributed by atoms with van der Waals surface area (Å²) in [4.78, 5) is 0. The van der Waals surface area contributed by atoms with Crippen molar-refractivity contribution in [1.82, 2.24) is 20.1 Å². The van der Waals surface area contributed by atoms with Gasteiger partial charge in [0.05, 0.1) is 19.8 Å². The van der Waals surface area contributed by atoms with Gasteiger partial charge in [-0.2, -0.15) is 0 Å². The first-order valence-electron chi connectivity index (χ1n) is 6.61. The number of hydrogen-bond donors (Lipinski definition) is 1. The number of aromatic nitrogens is 3. The zero-order chi connectivity index (χ0) is 12.8. The maximum atomic E-state index is 5.42. The maximum Gasteiger partial charge on any atom is 0.147 e. The van der Waals surface area contributed by atoms with Gasteiger partial charge in [0.15, 0.2) is 0 Å². The van der Waals surface area contributed by atoms with Gasteiger partial charge in [0, 0.05) is 19.5 Å². The van der Waals surface area contributed by atoms with Crippen LogP contribution < -0.4 is 5.32 Å². The molecule has 0 bridgehead atoms. The third-order valence-corrected chi connectivity index (χ3v) is 2.99. The average Bonchev–Trinajstić information content (AvgIpc) is 2.77. The van der Waals surface area contributed by atoms with Crippen molar-refractivity contribution in [3.8, 4) is 0 Å². The molecule has 2 rings (SSSR count). The Morgan fingerprint density at radius 3 is 3.17 bits per heavy atom. The van der Waals surface area contributed by atoms with E-state index in [2.05, 4.69) is 26.7 Å². The number of fused-ring (bicyclic) bond motifs is 1. The van der Waals surface area contributed by atoms with Crippen LogP contribution in [0, 0.1) is 0 Å². The largest absolute Gasteiger partial charge is 0.376 e. The summed E-state index contributed by atoms with van der Waals surface area (Å²) in [5, 5.41) is 11.8. The molecule has 1 aromatic rings. The summed E-state index contributed by atoms with van der Waals surface area (Å²) < 4.78 is 7.66. The lowest BCUT2D eigenvalue weighted by atomic mass is 10.2. The molecule has 5 nitrogen and oxygen atoms in total. The van der Waals surface area contributed by atoms with E-state index in [1.807, 2.05) is 6.92 Å². The lowest BCUT2D eigenvalue weighted by Gasteiger charge is -2.14. The quantitative estimate of drug-likeness (QED) is 0.585. The number of hydrogen-bond acceptors (Lipinski definition) is 4. The molecule has 1 aliphatic rings. The second-order valence-electron chi connectivity index (χ2n) is 4.83. The summed E-state index contributed by atoms with van der Waals surface area (Å²) >= 11 is 0. The highest BCUT2D eigenvalue weighted by atomic mass is 16.5. The zero-order valence-corrected chi connectivity index (χ0v) is 11.1. The van der Waals surface area contributed by atoms with Crippen molar-refractivity contribution in [2.24, 2.45) is 0 Å². The van der Waals surface area contributed by atoms with Crippen molar-refractivity contribution in [3.63, 3.8) is 0 Å². The first kappa shape index (κ1) is 13.2. The van der Waals surface area contributed by atoms with Crippen molar-refractivity contribution in [1.29, 1.82) is 0 Å². The molecule has 0 unspecified atom stereocenters. The molecule has 0 atom stereocenters. The molecule has 100 valence electrons. The Balaban J connectivity index is 1.67. The van der Waals surface area contributed by atoms with E-state index in [1.165, 1.54) is 12.8 Å². The molecular formula is C13H22N4O. The lowest BCUT2D eigenvalue weighted by molar-refractivity contribution is 0.157. The van der Waals surface area contributed by atoms with Gasteiger partial charge in [0.2, 0.25) is 0 Å². The topological polar surface area (TPSA) is 52.0 Å². The Morgan fingerprint density at radius 1 is 1.44 bits per heavy atom. The van der Waals surface area contributed by atoms with Crippen LogP contribution in [0.15, 0.2) is 12.2 Å². The fourth-order valence-corrected chi connectivity index (χ4v) is 2.09. The van der Waals surface area contributed by atoms with Crippen LogP contribution in [0.3, 0.4) is 0 Å². The fourth-order valence-electron chi connectivity index (χ4n) is 2.09. The Labute approximate surface area is 108 Å². The SMILES string of the molecule is C=C(C)COCCNCc1nnc2n1CCCC2. The third-order valence-electron chi connectivity index (χ3n) is 2.99. The predicted octanol–water partition coefficient (Wildman–Crippen LogP) is 1.30. The van der Waals surface area contributed by atoms with Crippen molar-refractivity contribution in [2.45, 2.75) is 39.3 Å². The van der Waals surface area contributed by atoms with E-state index >= 15 is 0 Å². The Morgan fingerprint density at radius 2 is 2.33 bits per heavy atom. The average molecular weight is 250 g/mol. The van der Waals surface area contributed by atoms with Crippen LogP contribution in [0.25, 0.3) is 0 Å². The monoisotopic (exact) mass is 250 g/mol. The molecule has 0 aliphatic carbocycles. The minimum Gasteiger partial charge on any atom is -0.376 e. The second-order valence-corrected chi connectivity index (χ2v) is 4.83. The van der Waals surface area contributed by atoms with Crippen molar-refractivity contribution >= 4 is 0 Å². The molecule has 2 heterocycles. The maximum absolute atomic E-state index is 5.42. The van der Waals surface area contributed by atoms with E-state index in [0.29, 0.717) is 13.2 Å². The minimum atomic E-state index is 0.641. The zero-order valence-electron chi connectivity index (χ0n) is 11.1. The molecule has 0 radical (unpaired) electrons. The van der Waals surface area contributed by atoms with Gasteiger partial charge in [-0.1, -0.05) is 12.2 Å². The van der Waals surface area contributed by atoms with Crippen LogP contribution in [-0.4, -0.2) is 34.5 Å². The van der Waals surface area contributed by atoms with Crippen LogP contribution in [0.2, 0.25) is 0 Å². The predicted molar refractivity (Wildman–Crippen MR) is 70.3 cm³/mol. The van der Waals surface area contributed by atoms with Gasteiger partial charge in [-0.15, -0.1) is 10.2 Å². The minimum absolute atomic E-state index is 0.641. The summed E-state index contributed by atoms with van der Waals surface area (Å²) in [6.07, 6.45) is 3.54. The Bertz CT molecular complexity index is 400. The highest BCUT2D eigenvalue weighted by Gasteiger charge is 2.14. The number of nitrogens with one attached hydrogen (secondary N) is 1. The Hall–Kier alpha value is -1.20. The highest BCUT2D eigenvalue weighted by molar-refractivity contribution is 4.98. The van der Waals surface area contributed by atoms with Crippen molar-refractivity contribution in [2.75, 3.05) is 19.8 Å². The van der Waals surface area contributed by atoms with E-state index in [1.54, 1.807) is 0 Å². The van der Waals surface area contributed by atoms with E-state index < -0.39 is 0 Å². The number of ether oxygens (including phenoxy) is 1. The molecule has 0 fully saturated rings. The van der Waals surface area contributed by atoms with Gasteiger partial charge in [-0.05, 0) is 19.8 Å². The number of aryl methyl sites for hydroxylation is 1. The summed E-state index contributed by atoms with van der Waals surface area (Å²) in [6, 6.07) is 0. The summed E-state index contributed by atoms with van der Waals surface area (Å²) in [7, 11) is 0. The van der Waals surface area contributed by atoms with Crippen LogP contribution >= 0.6 is 0 Å². The van der Waals surface area contributed by atoms with E-state index in [-0.39, 0.29) is 0 Å². The van der Waals surface area contributed by atoms with Gasteiger partial charge in [-0.3, -0.25) is 0 Å². The van der Waals surface area contributed by atoms with Gasteiger partial charge in [0.1, 0.15) is 11.6 Å². The first-order valence-corrected chi connectivity index (χ1v) is 6.61. The van der Waals surface area contributed by atoms with E-state index in [4.69, 9.17) is 4.74 Å². The first-order chi connectivity index (χ1) is 8.77. The highest BCUT2D eigenvalue weighted by Crippen LogP contribution is 2.13. The van der Waals surface area contributed by atoms with E-state index in [0.717, 1.165) is 43.3 Å². The molecule has 1 aromatic heterocycles. The lowest BCUT2D eigenvalue weighted by Crippen LogP contribution is -2.23. The smallest absolute Gasteiger partial charge is 0.147 e. The van der Waals surface area contributed by atoms with Crippen molar-refractivity contribution in [3.05, 3.63) is 23.8 Å². The molecule has 0 aromatic carbocycles. The standard InChI is InChI=1S/C13H22N4O/c1-11(2)10-18-8-6-14-9-13-16-15-12-5-3-4-7-17(12)13/h14H,1,3-10H2,2H3. The van der Waals surface area contributed by atoms with Gasteiger partial charge in [-0.25, -0.2) is 0 Å². The molecule has 5 heteroatoms. The Kier molecular flexibility index (Phi) is 4.90. The van der Waals surface area contributed by atoms with Crippen LogP contribution in [-0.2, 0) is 24.2 Å². The fraction of sp³-hybridized carbons (Fsp3) is 0.692. The van der Waals surface area contributed by atoms with Gasteiger partial charge in [0.25, 0.3) is 0 Å². The second kappa shape index (κ2) is 6.66. The van der Waals surface area contributed by atoms with Crippen LogP contribution in [0.4, 0.5) is 0 Å². The van der Waals surface area contributed by atoms with Crippen LogP contribution in [0.1, 0.15) is 31.4 Å². The van der Waals surface area contributed by atoms with Crippen molar-refractivity contribution < 1.29 is 4.74 Å². The molecule has 0 saturated carbocycles. The molecule has 0 spiro atoms. The summed E-state index contributed by atoms with van der Waals surface area (Å²) in [5.41, 5.74) is 1.06. The molecule has 0 amide bonds. The third kappa shape index (κ3) is 3.65. The van der Waals surface area contributed by atoms with Gasteiger partial charge >= 0.3 is 0 Å². The normalized spacial score (nSPS) is 14.5. The summed E-state index contributed by atoms with van der Waals surface area (Å²) in [6.45, 7) is 9.76. The van der Waals surface area contributed by atoms with Crippen LogP contribution in [0.5, 0.6) is 0 Å². The number of rotatable bonds is 7. The van der Waals surface area contributed by atoms with E-state index in [9.17, 15) is 0 Å². The molecule has 1 N–H and O–H groups in total.